The fraction of sp³-hybridized carbons (Fsp3) is 0.733. The average molecular weight is 1960 g/mol. The van der Waals surface area contributed by atoms with Gasteiger partial charge in [-0.3, -0.25) is 27.4 Å². The Hall–Kier alpha value is -6.30. The predicted octanol–water partition coefficient (Wildman–Crippen LogP) is 12.5. The van der Waals surface area contributed by atoms with Crippen LogP contribution in [0.4, 0.5) is 34.9 Å². The molecule has 12 atom stereocenters. The van der Waals surface area contributed by atoms with E-state index >= 15 is 0 Å². The molecule has 0 bridgehead atoms. The van der Waals surface area contributed by atoms with E-state index in [9.17, 15) is 28.8 Å². The molecule has 6 aromatic heterocycles. The van der Waals surface area contributed by atoms with E-state index < -0.39 is 0 Å². The highest BCUT2D eigenvalue weighted by atomic mass is 32.2. The summed E-state index contributed by atoms with van der Waals surface area (Å²) < 4.78 is 75.9. The summed E-state index contributed by atoms with van der Waals surface area (Å²) in [6, 6.07) is 11.6. The maximum absolute atomic E-state index is 12.3. The van der Waals surface area contributed by atoms with Crippen molar-refractivity contribution in [3.05, 3.63) is 136 Å². The Morgan fingerprint density at radius 1 is 0.371 bits per heavy atom. The summed E-state index contributed by atoms with van der Waals surface area (Å²) in [5.41, 5.74) is -1.74. The molecule has 12 rings (SSSR count). The second-order valence-electron chi connectivity index (χ2n) is 32.9. The van der Waals surface area contributed by atoms with Gasteiger partial charge in [0.15, 0.2) is 0 Å². The van der Waals surface area contributed by atoms with Gasteiger partial charge < -0.3 is 86.2 Å². The summed E-state index contributed by atoms with van der Waals surface area (Å²) in [6.45, 7) is 50.6. The van der Waals surface area contributed by atoms with E-state index in [2.05, 4.69) is 165 Å². The Kier molecular flexibility index (Phi) is 51.0. The van der Waals surface area contributed by atoms with Crippen molar-refractivity contribution in [3.63, 3.8) is 0 Å². The second-order valence-corrected chi connectivity index (χ2v) is 40.1. The molecule has 0 saturated carbocycles. The second kappa shape index (κ2) is 59.8. The number of ether oxygens (including phenoxy) is 12. The minimum absolute atomic E-state index is 0.00843. The monoisotopic (exact) mass is 1960 g/mol. The molecule has 6 aliphatic rings. The summed E-state index contributed by atoms with van der Waals surface area (Å²) in [5.74, 6) is 9.29. The van der Waals surface area contributed by atoms with Crippen LogP contribution in [0.1, 0.15) is 194 Å². The number of anilines is 6. The van der Waals surface area contributed by atoms with Crippen LogP contribution < -0.4 is 63.5 Å². The quantitative estimate of drug-likeness (QED) is 0.0321. The topological polar surface area (TPSA) is 340 Å². The summed E-state index contributed by atoms with van der Waals surface area (Å²) in [5, 5.41) is 0. The molecule has 6 saturated heterocycles. The van der Waals surface area contributed by atoms with Crippen molar-refractivity contribution in [1.29, 1.82) is 0 Å². The molecule has 6 aromatic rings. The number of thioether (sulfide) groups is 6. The molecular weight excluding hydrogens is 1810 g/mol. The van der Waals surface area contributed by atoms with Crippen molar-refractivity contribution in [2.24, 2.45) is 5.92 Å². The van der Waals surface area contributed by atoms with Crippen LogP contribution in [0.2, 0.25) is 0 Å². The highest BCUT2D eigenvalue weighted by molar-refractivity contribution is 8.01. The number of methoxy groups -OCH3 is 3. The van der Waals surface area contributed by atoms with Crippen LogP contribution in [-0.4, -0.2) is 283 Å². The molecular formula is C90H150N18O18S6. The van der Waals surface area contributed by atoms with Crippen LogP contribution in [-0.2, 0) is 56.8 Å². The molecule has 0 spiro atoms. The molecule has 36 nitrogen and oxygen atoms in total. The molecule has 6 fully saturated rings. The van der Waals surface area contributed by atoms with Crippen molar-refractivity contribution in [2.75, 3.05) is 211 Å². The third-order valence-electron chi connectivity index (χ3n) is 21.2. The van der Waals surface area contributed by atoms with Crippen LogP contribution >= 0.6 is 70.6 Å². The standard InChI is InChI=1S/6C15H25N3O3S/c1-6-18(15(2,3)4)11-7-8-17(14(19)16-11)12-10-22-13(21-12)9-20-5;1-5-17(8-11(2)3)12-6-7-18(15(19)16-12)13-10-22-14(21-13)9-20-4;1-5-17(11(3)4)12-7-8-18(15(19)16-12)13-10-22-14(21-13)9-20-6-2;1-4-7-17(3)12-6-8-18(15(19)16-12)13-11-22-14(21-13)10-20-9-5-2;1-4-6-8-17(5-2)12-7-9-18(15(19)16-12)13-11-22-14(21-13)10-20-3;1-4-8-17(5-2)12-7-9-18(15(19)16-12)13-11-22-14(21-13)10-20-6-3/h7-8,12-13H,6,9-10H2,1-5H3;6-7,11,13-14H,5,8-10H2,1-4H3;7-8,11,13-14H,5-6,9-10H2,1-4H3;6,8,13-14H,4-5,7,9-11H2,1-3H3;2*7,9,13-14H,4-6,8,10-11H2,1-3H3/t12-,13+;5*13-,14+/m111111/s1. The maximum atomic E-state index is 12.3. The zero-order valence-electron chi connectivity index (χ0n) is 81.9. The molecule has 6 aliphatic heterocycles. The Bertz CT molecular complexity index is 4670. The smallest absolute Gasteiger partial charge is 0.351 e. The molecule has 0 N–H and O–H groups in total. The lowest BCUT2D eigenvalue weighted by Crippen LogP contribution is -2.43. The average Bonchev–Trinajstić information content (AvgIpc) is 1.47. The summed E-state index contributed by atoms with van der Waals surface area (Å²) >= 11 is 9.99. The van der Waals surface area contributed by atoms with E-state index in [0.29, 0.717) is 76.5 Å². The zero-order valence-corrected chi connectivity index (χ0v) is 86.8. The van der Waals surface area contributed by atoms with Crippen LogP contribution in [0.25, 0.3) is 0 Å². The lowest BCUT2D eigenvalue weighted by molar-refractivity contribution is -0.0245. The normalized spacial score (nSPS) is 21.5. The predicted molar refractivity (Wildman–Crippen MR) is 537 cm³/mol. The largest absolute Gasteiger partial charge is 0.381 e. The van der Waals surface area contributed by atoms with Gasteiger partial charge in [0.25, 0.3) is 0 Å². The van der Waals surface area contributed by atoms with Crippen LogP contribution in [0, 0.1) is 5.92 Å². The van der Waals surface area contributed by atoms with E-state index in [4.69, 9.17) is 56.8 Å². The first kappa shape index (κ1) is 113. The van der Waals surface area contributed by atoms with Gasteiger partial charge in [-0.25, -0.2) is 28.8 Å². The minimum Gasteiger partial charge on any atom is -0.381 e. The van der Waals surface area contributed by atoms with Crippen molar-refractivity contribution in [2.45, 2.75) is 238 Å². The molecule has 132 heavy (non-hydrogen) atoms. The summed E-state index contributed by atoms with van der Waals surface area (Å²) in [4.78, 5) is 112. The van der Waals surface area contributed by atoms with Crippen LogP contribution in [0.5, 0.6) is 0 Å². The first-order valence-corrected chi connectivity index (χ1v) is 52.7. The Balaban J connectivity index is 0.000000216. The summed E-state index contributed by atoms with van der Waals surface area (Å²) in [7, 11) is 6.88. The third-order valence-corrected chi connectivity index (χ3v) is 27.7. The Morgan fingerprint density at radius 3 is 0.962 bits per heavy atom. The highest BCUT2D eigenvalue weighted by Crippen LogP contribution is 2.37. The van der Waals surface area contributed by atoms with Crippen LogP contribution in [0.15, 0.2) is 102 Å². The molecule has 0 amide bonds. The molecule has 12 heterocycles. The number of nitrogens with zero attached hydrogens (tertiary/aromatic N) is 18. The van der Waals surface area contributed by atoms with Gasteiger partial charge in [0, 0.05) is 190 Å². The fourth-order valence-electron chi connectivity index (χ4n) is 14.5. The Labute approximate surface area is 805 Å². The number of hydrogen-bond acceptors (Lipinski definition) is 36. The molecule has 0 unspecified atom stereocenters. The third kappa shape index (κ3) is 35.3. The summed E-state index contributed by atoms with van der Waals surface area (Å²) in [6.07, 6.45) is 14.4. The van der Waals surface area contributed by atoms with Gasteiger partial charge in [-0.15, -0.1) is 70.6 Å². The van der Waals surface area contributed by atoms with Gasteiger partial charge in [0.2, 0.25) is 0 Å². The van der Waals surface area contributed by atoms with Crippen molar-refractivity contribution in [1.82, 2.24) is 57.3 Å². The van der Waals surface area contributed by atoms with E-state index in [0.717, 1.165) is 155 Å². The molecule has 0 aliphatic carbocycles. The van der Waals surface area contributed by atoms with Gasteiger partial charge in [-0.2, -0.15) is 29.9 Å². The zero-order chi connectivity index (χ0) is 96.4. The molecule has 0 radical (unpaired) electrons. The van der Waals surface area contributed by atoms with Gasteiger partial charge in [-0.1, -0.05) is 48.0 Å². The lowest BCUT2D eigenvalue weighted by Gasteiger charge is -2.35. The van der Waals surface area contributed by atoms with E-state index in [1.54, 1.807) is 156 Å². The van der Waals surface area contributed by atoms with Crippen LogP contribution in [0.3, 0.4) is 0 Å². The SMILES string of the molecule is CCCCN(CC)c1ccn([C@H]2CS[C@@H](COC)O2)c(=O)n1.CCCN(CC)c1ccn([C@H]2CS[C@@H](COCC)O2)c(=O)n1.CCCOC[C@H]1O[C@@H](n2ccc(N(C)CCC)nc2=O)CS1.CCN(CC(C)C)c1ccn([C@H]2CS[C@@H](COC)O2)c(=O)n1.CCN(c1ccn([C@H]2CS[C@@H](COC)O2)c(=O)n1)C(C)(C)C.CCOC[C@H]1O[C@@H](n2ccc(N(CC)C(C)C)nc2=O)CS1. The van der Waals surface area contributed by atoms with E-state index in [-0.39, 0.29) is 110 Å². The minimum atomic E-state index is -0.274. The highest BCUT2D eigenvalue weighted by Gasteiger charge is 2.35. The number of aromatic nitrogens is 12. The number of unbranched alkanes of at least 4 members (excludes halogenated alkanes) is 1. The van der Waals surface area contributed by atoms with Crippen molar-refractivity contribution >= 4 is 105 Å². The first-order valence-electron chi connectivity index (χ1n) is 46.4. The van der Waals surface area contributed by atoms with Crippen molar-refractivity contribution < 1.29 is 56.8 Å². The first-order chi connectivity index (χ1) is 63.5. The van der Waals surface area contributed by atoms with Gasteiger partial charge in [0.05, 0.1) is 39.6 Å². The van der Waals surface area contributed by atoms with Crippen molar-refractivity contribution in [3.8, 4) is 0 Å². The van der Waals surface area contributed by atoms with Gasteiger partial charge in [-0.05, 0) is 151 Å². The van der Waals surface area contributed by atoms with E-state index in [1.165, 1.54) is 0 Å². The number of rotatable bonds is 43. The lowest BCUT2D eigenvalue weighted by atomic mass is 10.1. The molecule has 0 aromatic carbocycles. The number of hydrogen-bond donors (Lipinski definition) is 0. The Morgan fingerprint density at radius 2 is 0.674 bits per heavy atom. The van der Waals surface area contributed by atoms with Gasteiger partial charge >= 0.3 is 34.1 Å². The fourth-order valence-corrected chi connectivity index (χ4v) is 20.8. The van der Waals surface area contributed by atoms with Gasteiger partial charge in [0.1, 0.15) is 105 Å². The molecule has 744 valence electrons. The maximum Gasteiger partial charge on any atom is 0.351 e. The van der Waals surface area contributed by atoms with E-state index in [1.807, 2.05) is 62.2 Å². The molecule has 42 heteroatoms.